The molecule has 0 fully saturated rings. The van der Waals surface area contributed by atoms with E-state index in [1.54, 1.807) is 11.9 Å². The molecular weight excluding hydrogens is 268 g/mol. The summed E-state index contributed by atoms with van der Waals surface area (Å²) in [5.41, 5.74) is 2.16. The van der Waals surface area contributed by atoms with Gasteiger partial charge in [-0.2, -0.15) is 5.10 Å². The molecule has 0 saturated carbocycles. The summed E-state index contributed by atoms with van der Waals surface area (Å²) in [5.74, 6) is 1.54. The van der Waals surface area contributed by atoms with Gasteiger partial charge in [0.1, 0.15) is 17.9 Å². The summed E-state index contributed by atoms with van der Waals surface area (Å²) in [6, 6.07) is 5.99. The Bertz CT molecular complexity index is 575. The maximum absolute atomic E-state index is 12.0. The highest BCUT2D eigenvalue weighted by atomic mass is 16.5. The van der Waals surface area contributed by atoms with Crippen LogP contribution in [0.5, 0.6) is 5.75 Å². The molecular formula is C15H20N4O2. The second kappa shape index (κ2) is 6.88. The fraction of sp³-hybridized carbons (Fsp3) is 0.400. The fourth-order valence-corrected chi connectivity index (χ4v) is 2.08. The number of amides is 1. The second-order valence-electron chi connectivity index (χ2n) is 5.00. The monoisotopic (exact) mass is 288 g/mol. The van der Waals surface area contributed by atoms with Crippen LogP contribution in [0.1, 0.15) is 23.4 Å². The zero-order valence-corrected chi connectivity index (χ0v) is 12.6. The molecule has 21 heavy (non-hydrogen) atoms. The van der Waals surface area contributed by atoms with Crippen LogP contribution in [0.15, 0.2) is 24.5 Å². The number of H-pyrrole nitrogens is 1. The van der Waals surface area contributed by atoms with Crippen LogP contribution in [0.2, 0.25) is 0 Å². The van der Waals surface area contributed by atoms with Crippen LogP contribution in [0.4, 0.5) is 0 Å². The predicted octanol–water partition coefficient (Wildman–Crippen LogP) is 1.85. The molecule has 6 nitrogen and oxygen atoms in total. The number of aromatic nitrogens is 3. The van der Waals surface area contributed by atoms with Gasteiger partial charge in [-0.05, 0) is 25.0 Å². The topological polar surface area (TPSA) is 71.1 Å². The van der Waals surface area contributed by atoms with Gasteiger partial charge in [0.15, 0.2) is 0 Å². The number of rotatable bonds is 6. The minimum absolute atomic E-state index is 0.0117. The Morgan fingerprint density at radius 1 is 1.33 bits per heavy atom. The van der Waals surface area contributed by atoms with E-state index in [2.05, 4.69) is 15.2 Å². The van der Waals surface area contributed by atoms with Crippen LogP contribution in [0.25, 0.3) is 0 Å². The number of nitrogens with zero attached hydrogens (tertiary/aromatic N) is 3. The standard InChI is InChI=1S/C15H20N4O2/c1-11-5-4-6-12(2)15(11)21-8-7-14(20)19(3)9-13-16-10-17-18-13/h4-6,10H,7-9H2,1-3H3,(H,16,17,18). The van der Waals surface area contributed by atoms with Crippen molar-refractivity contribution < 1.29 is 9.53 Å². The molecule has 1 amide bonds. The third-order valence-corrected chi connectivity index (χ3v) is 3.25. The summed E-state index contributed by atoms with van der Waals surface area (Å²) in [4.78, 5) is 17.6. The summed E-state index contributed by atoms with van der Waals surface area (Å²) in [6.07, 6.45) is 1.76. The molecule has 0 radical (unpaired) electrons. The van der Waals surface area contributed by atoms with Crippen molar-refractivity contribution in [2.24, 2.45) is 0 Å². The van der Waals surface area contributed by atoms with E-state index in [9.17, 15) is 4.79 Å². The van der Waals surface area contributed by atoms with Crippen molar-refractivity contribution in [2.75, 3.05) is 13.7 Å². The largest absolute Gasteiger partial charge is 0.493 e. The molecule has 1 aromatic carbocycles. The van der Waals surface area contributed by atoms with Gasteiger partial charge >= 0.3 is 0 Å². The van der Waals surface area contributed by atoms with E-state index in [0.29, 0.717) is 25.4 Å². The highest BCUT2D eigenvalue weighted by Gasteiger charge is 2.11. The molecule has 0 spiro atoms. The molecule has 2 aromatic rings. The van der Waals surface area contributed by atoms with Crippen molar-refractivity contribution in [1.82, 2.24) is 20.1 Å². The number of hydrogen-bond acceptors (Lipinski definition) is 4. The zero-order chi connectivity index (χ0) is 15.2. The van der Waals surface area contributed by atoms with Crippen molar-refractivity contribution >= 4 is 5.91 Å². The average Bonchev–Trinajstić information content (AvgIpc) is 2.94. The first-order valence-electron chi connectivity index (χ1n) is 6.85. The number of para-hydroxylation sites is 1. The van der Waals surface area contributed by atoms with E-state index < -0.39 is 0 Å². The highest BCUT2D eigenvalue weighted by molar-refractivity contribution is 5.75. The Balaban J connectivity index is 1.81. The van der Waals surface area contributed by atoms with E-state index in [-0.39, 0.29) is 5.91 Å². The molecule has 0 aliphatic heterocycles. The minimum atomic E-state index is 0.0117. The molecule has 0 aliphatic rings. The maximum atomic E-state index is 12.0. The molecule has 1 N–H and O–H groups in total. The van der Waals surface area contributed by atoms with Crippen molar-refractivity contribution in [1.29, 1.82) is 0 Å². The van der Waals surface area contributed by atoms with Crippen molar-refractivity contribution in [2.45, 2.75) is 26.8 Å². The van der Waals surface area contributed by atoms with Crippen molar-refractivity contribution in [3.63, 3.8) is 0 Å². The first kappa shape index (κ1) is 15.0. The van der Waals surface area contributed by atoms with Gasteiger partial charge in [-0.3, -0.25) is 9.89 Å². The van der Waals surface area contributed by atoms with Gasteiger partial charge in [0.05, 0.1) is 19.6 Å². The van der Waals surface area contributed by atoms with E-state index in [1.165, 1.54) is 6.33 Å². The lowest BCUT2D eigenvalue weighted by Gasteiger charge is -2.16. The van der Waals surface area contributed by atoms with Crippen LogP contribution in [-0.2, 0) is 11.3 Å². The van der Waals surface area contributed by atoms with Gasteiger partial charge in [-0.1, -0.05) is 18.2 Å². The van der Waals surface area contributed by atoms with Crippen LogP contribution < -0.4 is 4.74 Å². The summed E-state index contributed by atoms with van der Waals surface area (Å²) in [5, 5.41) is 6.49. The van der Waals surface area contributed by atoms with E-state index >= 15 is 0 Å². The maximum Gasteiger partial charge on any atom is 0.226 e. The molecule has 0 atom stereocenters. The Morgan fingerprint density at radius 3 is 2.67 bits per heavy atom. The Hall–Kier alpha value is -2.37. The zero-order valence-electron chi connectivity index (χ0n) is 12.6. The number of hydrogen-bond donors (Lipinski definition) is 1. The number of benzene rings is 1. The lowest BCUT2D eigenvalue weighted by molar-refractivity contribution is -0.131. The number of nitrogens with one attached hydrogen (secondary N) is 1. The molecule has 1 heterocycles. The van der Waals surface area contributed by atoms with Gasteiger partial charge in [0, 0.05) is 7.05 Å². The summed E-state index contributed by atoms with van der Waals surface area (Å²) < 4.78 is 5.74. The van der Waals surface area contributed by atoms with Crippen molar-refractivity contribution in [3.05, 3.63) is 41.5 Å². The van der Waals surface area contributed by atoms with Gasteiger partial charge in [0.2, 0.25) is 5.91 Å². The van der Waals surface area contributed by atoms with Gasteiger partial charge in [-0.25, -0.2) is 4.98 Å². The van der Waals surface area contributed by atoms with Crippen molar-refractivity contribution in [3.8, 4) is 5.75 Å². The summed E-state index contributed by atoms with van der Waals surface area (Å²) in [6.45, 7) is 4.79. The van der Waals surface area contributed by atoms with Crippen LogP contribution in [0.3, 0.4) is 0 Å². The van der Waals surface area contributed by atoms with Crippen LogP contribution >= 0.6 is 0 Å². The third-order valence-electron chi connectivity index (χ3n) is 3.25. The Morgan fingerprint density at radius 2 is 2.05 bits per heavy atom. The van der Waals surface area contributed by atoms with Gasteiger partial charge in [-0.15, -0.1) is 0 Å². The number of aromatic amines is 1. The smallest absolute Gasteiger partial charge is 0.226 e. The average molecular weight is 288 g/mol. The fourth-order valence-electron chi connectivity index (χ4n) is 2.08. The van der Waals surface area contributed by atoms with E-state index in [0.717, 1.165) is 16.9 Å². The number of aryl methyl sites for hydroxylation is 2. The number of ether oxygens (including phenoxy) is 1. The lowest BCUT2D eigenvalue weighted by atomic mass is 10.1. The predicted molar refractivity (Wildman–Crippen MR) is 78.9 cm³/mol. The van der Waals surface area contributed by atoms with E-state index in [1.807, 2.05) is 32.0 Å². The van der Waals surface area contributed by atoms with Crippen LogP contribution in [0, 0.1) is 13.8 Å². The SMILES string of the molecule is Cc1cccc(C)c1OCCC(=O)N(C)Cc1ncn[nH]1. The van der Waals surface area contributed by atoms with Gasteiger partial charge < -0.3 is 9.64 Å². The highest BCUT2D eigenvalue weighted by Crippen LogP contribution is 2.22. The normalized spacial score (nSPS) is 10.4. The number of carbonyl (C=O) groups is 1. The first-order chi connectivity index (χ1) is 10.1. The second-order valence-corrected chi connectivity index (χ2v) is 5.00. The number of carbonyl (C=O) groups excluding carboxylic acids is 1. The Kier molecular flexibility index (Phi) is 4.92. The first-order valence-corrected chi connectivity index (χ1v) is 6.85. The molecule has 0 aliphatic carbocycles. The third kappa shape index (κ3) is 4.05. The minimum Gasteiger partial charge on any atom is -0.493 e. The molecule has 6 heteroatoms. The molecule has 0 saturated heterocycles. The van der Waals surface area contributed by atoms with Gasteiger partial charge in [0.25, 0.3) is 0 Å². The molecule has 0 bridgehead atoms. The molecule has 1 aromatic heterocycles. The lowest BCUT2D eigenvalue weighted by Crippen LogP contribution is -2.28. The summed E-state index contributed by atoms with van der Waals surface area (Å²) >= 11 is 0. The quantitative estimate of drug-likeness (QED) is 0.880. The molecule has 2 rings (SSSR count). The molecule has 0 unspecified atom stereocenters. The molecule has 112 valence electrons. The van der Waals surface area contributed by atoms with Crippen LogP contribution in [-0.4, -0.2) is 39.6 Å². The summed E-state index contributed by atoms with van der Waals surface area (Å²) in [7, 11) is 1.74. The Labute approximate surface area is 124 Å². The van der Waals surface area contributed by atoms with E-state index in [4.69, 9.17) is 4.74 Å².